The number of Topliss-reactive ketones (excluding diaryl/α,β-unsaturated/α-hetero) is 1. The third kappa shape index (κ3) is 3.37. The molecule has 0 fully saturated rings. The van der Waals surface area contributed by atoms with E-state index in [-0.39, 0.29) is 24.5 Å². The molecule has 0 aromatic heterocycles. The summed E-state index contributed by atoms with van der Waals surface area (Å²) in [4.78, 5) is 11.1. The highest BCUT2D eigenvalue weighted by Crippen LogP contribution is 2.35. The fourth-order valence-corrected chi connectivity index (χ4v) is 1.26. The summed E-state index contributed by atoms with van der Waals surface area (Å²) in [7, 11) is 0. The molecular formula is C9H8Cl2F3NO. The highest BCUT2D eigenvalue weighted by Gasteiger charge is 2.33. The quantitative estimate of drug-likeness (QED) is 0.842. The van der Waals surface area contributed by atoms with Gasteiger partial charge in [0.05, 0.1) is 17.1 Å². The van der Waals surface area contributed by atoms with E-state index in [1.165, 1.54) is 6.07 Å². The molecule has 0 spiro atoms. The Morgan fingerprint density at radius 3 is 2.38 bits per heavy atom. The van der Waals surface area contributed by atoms with Gasteiger partial charge >= 0.3 is 6.18 Å². The zero-order valence-corrected chi connectivity index (χ0v) is 9.42. The summed E-state index contributed by atoms with van der Waals surface area (Å²) in [6.45, 7) is -0.334. The molecule has 0 aliphatic rings. The van der Waals surface area contributed by atoms with Crippen molar-refractivity contribution in [2.24, 2.45) is 5.73 Å². The van der Waals surface area contributed by atoms with E-state index in [1.54, 1.807) is 0 Å². The largest absolute Gasteiger partial charge is 0.417 e. The minimum atomic E-state index is -4.57. The smallest absolute Gasteiger partial charge is 0.324 e. The van der Waals surface area contributed by atoms with Crippen molar-refractivity contribution in [3.8, 4) is 0 Å². The summed E-state index contributed by atoms with van der Waals surface area (Å²) in [5.74, 6) is -0.558. The van der Waals surface area contributed by atoms with Crippen LogP contribution in [0.4, 0.5) is 13.2 Å². The van der Waals surface area contributed by atoms with Crippen molar-refractivity contribution in [2.75, 3.05) is 6.54 Å². The molecule has 0 amide bonds. The lowest BCUT2D eigenvalue weighted by molar-refractivity contribution is -0.137. The first-order chi connectivity index (χ1) is 6.86. The summed E-state index contributed by atoms with van der Waals surface area (Å²) in [5.41, 5.74) is 3.92. The van der Waals surface area contributed by atoms with Crippen LogP contribution in [0.3, 0.4) is 0 Å². The first-order valence-corrected chi connectivity index (χ1v) is 4.34. The van der Waals surface area contributed by atoms with Crippen LogP contribution in [0.5, 0.6) is 0 Å². The van der Waals surface area contributed by atoms with Gasteiger partial charge in [-0.15, -0.1) is 12.4 Å². The second-order valence-corrected chi connectivity index (χ2v) is 3.23. The number of hydrogen-bond donors (Lipinski definition) is 1. The molecule has 2 N–H and O–H groups in total. The molecule has 1 rings (SSSR count). The summed E-state index contributed by atoms with van der Waals surface area (Å²) in [6, 6.07) is 2.96. The molecule has 0 saturated carbocycles. The standard InChI is InChI=1S/C9H7ClF3NO.ClH/c10-7-2-1-5(8(15)4-14)3-6(7)9(11,12)13;/h1-3H,4,14H2;1H. The molecule has 2 nitrogen and oxygen atoms in total. The molecule has 0 atom stereocenters. The van der Waals surface area contributed by atoms with Gasteiger partial charge in [-0.1, -0.05) is 11.6 Å². The molecular weight excluding hydrogens is 266 g/mol. The zero-order chi connectivity index (χ0) is 11.6. The zero-order valence-electron chi connectivity index (χ0n) is 7.84. The Morgan fingerprint density at radius 1 is 1.38 bits per heavy atom. The van der Waals surface area contributed by atoms with Gasteiger partial charge in [-0.3, -0.25) is 4.79 Å². The molecule has 16 heavy (non-hydrogen) atoms. The lowest BCUT2D eigenvalue weighted by Gasteiger charge is -2.09. The van der Waals surface area contributed by atoms with E-state index in [4.69, 9.17) is 17.3 Å². The van der Waals surface area contributed by atoms with E-state index in [2.05, 4.69) is 0 Å². The summed E-state index contributed by atoms with van der Waals surface area (Å²) >= 11 is 5.37. The lowest BCUT2D eigenvalue weighted by atomic mass is 10.1. The van der Waals surface area contributed by atoms with Gasteiger partial charge in [-0.25, -0.2) is 0 Å². The minimum absolute atomic E-state index is 0. The maximum Gasteiger partial charge on any atom is 0.417 e. The molecule has 90 valence electrons. The Bertz CT molecular complexity index is 393. The first-order valence-electron chi connectivity index (χ1n) is 3.96. The number of benzene rings is 1. The number of alkyl halides is 3. The summed E-state index contributed by atoms with van der Waals surface area (Å²) < 4.78 is 37.1. The van der Waals surface area contributed by atoms with Crippen molar-refractivity contribution in [1.82, 2.24) is 0 Å². The molecule has 0 radical (unpaired) electrons. The number of hydrogen-bond acceptors (Lipinski definition) is 2. The number of halogens is 5. The van der Waals surface area contributed by atoms with Crippen molar-refractivity contribution < 1.29 is 18.0 Å². The molecule has 0 aliphatic carbocycles. The van der Waals surface area contributed by atoms with Crippen LogP contribution >= 0.6 is 24.0 Å². The van der Waals surface area contributed by atoms with E-state index in [0.717, 1.165) is 6.07 Å². The topological polar surface area (TPSA) is 43.1 Å². The SMILES string of the molecule is Cl.NCC(=O)c1ccc(Cl)c(C(F)(F)F)c1. The van der Waals surface area contributed by atoms with Crippen LogP contribution in [-0.4, -0.2) is 12.3 Å². The molecule has 0 bridgehead atoms. The van der Waals surface area contributed by atoms with Crippen molar-refractivity contribution >= 4 is 29.8 Å². The van der Waals surface area contributed by atoms with E-state index >= 15 is 0 Å². The molecule has 7 heteroatoms. The number of carbonyl (C=O) groups excluding carboxylic acids is 1. The number of rotatable bonds is 2. The van der Waals surface area contributed by atoms with Crippen LogP contribution in [-0.2, 0) is 6.18 Å². The van der Waals surface area contributed by atoms with Crippen molar-refractivity contribution in [3.05, 3.63) is 34.3 Å². The fraction of sp³-hybridized carbons (Fsp3) is 0.222. The van der Waals surface area contributed by atoms with Crippen molar-refractivity contribution in [2.45, 2.75) is 6.18 Å². The molecule has 1 aromatic rings. The second-order valence-electron chi connectivity index (χ2n) is 2.82. The predicted molar refractivity (Wildman–Crippen MR) is 57.1 cm³/mol. The Labute approximate surface area is 101 Å². The average Bonchev–Trinajstić information content (AvgIpc) is 2.15. The van der Waals surface area contributed by atoms with Gasteiger partial charge in [0.1, 0.15) is 0 Å². The number of ketones is 1. The highest BCUT2D eigenvalue weighted by atomic mass is 35.5. The molecule has 0 aliphatic heterocycles. The van der Waals surface area contributed by atoms with Gasteiger partial charge in [-0.05, 0) is 18.2 Å². The van der Waals surface area contributed by atoms with E-state index in [0.29, 0.717) is 6.07 Å². The highest BCUT2D eigenvalue weighted by molar-refractivity contribution is 6.31. The minimum Gasteiger partial charge on any atom is -0.324 e. The molecule has 0 heterocycles. The normalized spacial score (nSPS) is 10.8. The lowest BCUT2D eigenvalue weighted by Crippen LogP contribution is -2.15. The second kappa shape index (κ2) is 5.52. The Balaban J connectivity index is 0.00000225. The van der Waals surface area contributed by atoms with E-state index < -0.39 is 22.5 Å². The Morgan fingerprint density at radius 2 is 1.94 bits per heavy atom. The van der Waals surface area contributed by atoms with Crippen LogP contribution in [0, 0.1) is 0 Å². The van der Waals surface area contributed by atoms with Gasteiger partial charge < -0.3 is 5.73 Å². The van der Waals surface area contributed by atoms with Crippen LogP contribution < -0.4 is 5.73 Å². The van der Waals surface area contributed by atoms with Crippen LogP contribution in [0.15, 0.2) is 18.2 Å². The third-order valence-electron chi connectivity index (χ3n) is 1.78. The van der Waals surface area contributed by atoms with E-state index in [1.807, 2.05) is 0 Å². The maximum absolute atomic E-state index is 12.4. The van der Waals surface area contributed by atoms with Gasteiger partial charge in [0.15, 0.2) is 5.78 Å². The van der Waals surface area contributed by atoms with Gasteiger partial charge in [-0.2, -0.15) is 13.2 Å². The third-order valence-corrected chi connectivity index (χ3v) is 2.11. The molecule has 0 saturated heterocycles. The summed E-state index contributed by atoms with van der Waals surface area (Å²) in [5, 5.41) is -0.434. The predicted octanol–water partition coefficient (Wildman–Crippen LogP) is 2.92. The summed E-state index contributed by atoms with van der Waals surface area (Å²) in [6.07, 6.45) is -4.57. The first kappa shape index (κ1) is 15.2. The van der Waals surface area contributed by atoms with Gasteiger partial charge in [0.25, 0.3) is 0 Å². The van der Waals surface area contributed by atoms with Gasteiger partial charge in [0.2, 0.25) is 0 Å². The Kier molecular flexibility index (Phi) is 5.25. The molecule has 1 aromatic carbocycles. The molecule has 0 unspecified atom stereocenters. The maximum atomic E-state index is 12.4. The fourth-order valence-electron chi connectivity index (χ4n) is 1.03. The van der Waals surface area contributed by atoms with Crippen molar-refractivity contribution in [1.29, 1.82) is 0 Å². The van der Waals surface area contributed by atoms with Crippen LogP contribution in [0.25, 0.3) is 0 Å². The van der Waals surface area contributed by atoms with E-state index in [9.17, 15) is 18.0 Å². The average molecular weight is 274 g/mol. The number of nitrogens with two attached hydrogens (primary N) is 1. The van der Waals surface area contributed by atoms with Crippen LogP contribution in [0.2, 0.25) is 5.02 Å². The van der Waals surface area contributed by atoms with Gasteiger partial charge in [0, 0.05) is 5.56 Å². The van der Waals surface area contributed by atoms with Crippen molar-refractivity contribution in [3.63, 3.8) is 0 Å². The monoisotopic (exact) mass is 273 g/mol. The number of carbonyl (C=O) groups is 1. The van der Waals surface area contributed by atoms with Crippen LogP contribution in [0.1, 0.15) is 15.9 Å². The Hall–Kier alpha value is -0.780.